The molecule has 1 unspecified atom stereocenters. The van der Waals surface area contributed by atoms with E-state index in [2.05, 4.69) is 29.3 Å². The summed E-state index contributed by atoms with van der Waals surface area (Å²) in [6, 6.07) is 14.4. The molecule has 2 aromatic carbocycles. The number of nitro benzene ring substituents is 1. The normalized spacial score (nSPS) is 17.1. The second kappa shape index (κ2) is 6.80. The Morgan fingerprint density at radius 1 is 1.29 bits per heavy atom. The molecule has 124 valence electrons. The lowest BCUT2D eigenvalue weighted by molar-refractivity contribution is -0.384. The van der Waals surface area contributed by atoms with Crippen molar-refractivity contribution in [2.75, 3.05) is 18.4 Å². The smallest absolute Gasteiger partial charge is 0.271 e. The van der Waals surface area contributed by atoms with Gasteiger partial charge in [0.05, 0.1) is 11.5 Å². The molecule has 3 rings (SSSR count). The van der Waals surface area contributed by atoms with Crippen molar-refractivity contribution in [1.82, 2.24) is 4.90 Å². The van der Waals surface area contributed by atoms with Gasteiger partial charge in [-0.05, 0) is 30.5 Å². The molecule has 1 aliphatic rings. The molecule has 1 N–H and O–H groups in total. The maximum absolute atomic E-state index is 12.3. The Morgan fingerprint density at radius 2 is 2.08 bits per heavy atom. The van der Waals surface area contributed by atoms with Gasteiger partial charge in [0.25, 0.3) is 5.69 Å². The molecule has 0 bridgehead atoms. The van der Waals surface area contributed by atoms with Crippen LogP contribution in [0.15, 0.2) is 48.5 Å². The van der Waals surface area contributed by atoms with Gasteiger partial charge in [0, 0.05) is 30.4 Å². The number of benzene rings is 2. The number of rotatable bonds is 4. The van der Waals surface area contributed by atoms with E-state index >= 15 is 0 Å². The van der Waals surface area contributed by atoms with Crippen LogP contribution >= 0.6 is 0 Å². The lowest BCUT2D eigenvalue weighted by atomic mass is 9.94. The van der Waals surface area contributed by atoms with Crippen LogP contribution in [0, 0.1) is 10.1 Å². The van der Waals surface area contributed by atoms with E-state index in [9.17, 15) is 14.9 Å². The number of amides is 1. The molecule has 0 saturated heterocycles. The molecule has 0 aliphatic carbocycles. The standard InChI is InChI=1S/C18H19N3O3/c1-13-17-8-3-2-5-14(17)9-10-20(13)12-18(22)19-15-6-4-7-16(11-15)21(23)24/h2-8,11,13H,9-10,12H2,1H3,(H,19,22). The molecule has 0 fully saturated rings. The summed E-state index contributed by atoms with van der Waals surface area (Å²) < 4.78 is 0. The second-order valence-corrected chi connectivity index (χ2v) is 5.95. The number of non-ortho nitro benzene ring substituents is 1. The van der Waals surface area contributed by atoms with Crippen molar-refractivity contribution in [3.05, 3.63) is 69.8 Å². The maximum Gasteiger partial charge on any atom is 0.271 e. The van der Waals surface area contributed by atoms with Crippen LogP contribution in [0.3, 0.4) is 0 Å². The Kier molecular flexibility index (Phi) is 4.57. The van der Waals surface area contributed by atoms with Gasteiger partial charge in [-0.3, -0.25) is 19.8 Å². The van der Waals surface area contributed by atoms with Gasteiger partial charge in [-0.15, -0.1) is 0 Å². The first-order valence-corrected chi connectivity index (χ1v) is 7.91. The predicted molar refractivity (Wildman–Crippen MR) is 91.9 cm³/mol. The van der Waals surface area contributed by atoms with Crippen molar-refractivity contribution < 1.29 is 9.72 Å². The summed E-state index contributed by atoms with van der Waals surface area (Å²) >= 11 is 0. The van der Waals surface area contributed by atoms with E-state index in [1.807, 2.05) is 12.1 Å². The highest BCUT2D eigenvalue weighted by atomic mass is 16.6. The largest absolute Gasteiger partial charge is 0.325 e. The van der Waals surface area contributed by atoms with Crippen LogP contribution in [0.1, 0.15) is 24.1 Å². The van der Waals surface area contributed by atoms with Crippen LogP contribution in [-0.2, 0) is 11.2 Å². The number of carbonyl (C=O) groups excluding carboxylic acids is 1. The third-order valence-electron chi connectivity index (χ3n) is 4.41. The van der Waals surface area contributed by atoms with E-state index in [0.29, 0.717) is 5.69 Å². The van der Waals surface area contributed by atoms with Gasteiger partial charge in [0.1, 0.15) is 0 Å². The fourth-order valence-electron chi connectivity index (χ4n) is 3.12. The first kappa shape index (κ1) is 16.1. The monoisotopic (exact) mass is 325 g/mol. The van der Waals surface area contributed by atoms with Crippen LogP contribution in [0.25, 0.3) is 0 Å². The summed E-state index contributed by atoms with van der Waals surface area (Å²) in [6.45, 7) is 3.18. The lowest BCUT2D eigenvalue weighted by Gasteiger charge is -2.34. The molecule has 0 saturated carbocycles. The Balaban J connectivity index is 1.65. The van der Waals surface area contributed by atoms with E-state index in [0.717, 1.165) is 13.0 Å². The Labute approximate surface area is 140 Å². The zero-order valence-corrected chi connectivity index (χ0v) is 13.4. The molecule has 0 radical (unpaired) electrons. The number of carbonyl (C=O) groups is 1. The number of nitrogens with one attached hydrogen (secondary N) is 1. The maximum atomic E-state index is 12.3. The van der Waals surface area contributed by atoms with Crippen LogP contribution in [-0.4, -0.2) is 28.8 Å². The fourth-order valence-corrected chi connectivity index (χ4v) is 3.12. The third-order valence-corrected chi connectivity index (χ3v) is 4.41. The molecule has 0 spiro atoms. The fraction of sp³-hybridized carbons (Fsp3) is 0.278. The Hall–Kier alpha value is -2.73. The molecule has 6 heteroatoms. The van der Waals surface area contributed by atoms with Crippen LogP contribution in [0.4, 0.5) is 11.4 Å². The molecule has 24 heavy (non-hydrogen) atoms. The van der Waals surface area contributed by atoms with Crippen LogP contribution in [0.5, 0.6) is 0 Å². The highest BCUT2D eigenvalue weighted by Crippen LogP contribution is 2.28. The first-order valence-electron chi connectivity index (χ1n) is 7.91. The summed E-state index contributed by atoms with van der Waals surface area (Å²) in [5.41, 5.74) is 3.00. The summed E-state index contributed by atoms with van der Waals surface area (Å²) in [6.07, 6.45) is 0.921. The number of hydrogen-bond donors (Lipinski definition) is 1. The average Bonchev–Trinajstić information content (AvgIpc) is 2.58. The van der Waals surface area contributed by atoms with Crippen molar-refractivity contribution in [2.45, 2.75) is 19.4 Å². The van der Waals surface area contributed by atoms with E-state index in [4.69, 9.17) is 0 Å². The minimum Gasteiger partial charge on any atom is -0.325 e. The molecule has 0 aromatic heterocycles. The summed E-state index contributed by atoms with van der Waals surface area (Å²) in [5, 5.41) is 13.5. The molecule has 1 amide bonds. The number of fused-ring (bicyclic) bond motifs is 1. The van der Waals surface area contributed by atoms with Crippen LogP contribution in [0.2, 0.25) is 0 Å². The predicted octanol–water partition coefficient (Wildman–Crippen LogP) is 3.15. The van der Waals surface area contributed by atoms with Crippen molar-refractivity contribution in [3.8, 4) is 0 Å². The van der Waals surface area contributed by atoms with Gasteiger partial charge in [-0.1, -0.05) is 30.3 Å². The average molecular weight is 325 g/mol. The van der Waals surface area contributed by atoms with E-state index in [1.54, 1.807) is 12.1 Å². The molecule has 1 aliphatic heterocycles. The molecular weight excluding hydrogens is 306 g/mol. The number of anilines is 1. The van der Waals surface area contributed by atoms with Gasteiger partial charge in [-0.25, -0.2) is 0 Å². The lowest BCUT2D eigenvalue weighted by Crippen LogP contribution is -2.39. The van der Waals surface area contributed by atoms with E-state index in [-0.39, 0.29) is 24.2 Å². The van der Waals surface area contributed by atoms with Crippen molar-refractivity contribution in [3.63, 3.8) is 0 Å². The van der Waals surface area contributed by atoms with Gasteiger partial charge >= 0.3 is 0 Å². The number of nitrogens with zero attached hydrogens (tertiary/aromatic N) is 2. The molecule has 6 nitrogen and oxygen atoms in total. The molecule has 1 heterocycles. The highest BCUT2D eigenvalue weighted by molar-refractivity contribution is 5.92. The van der Waals surface area contributed by atoms with Crippen molar-refractivity contribution >= 4 is 17.3 Å². The molecule has 1 atom stereocenters. The van der Waals surface area contributed by atoms with Gasteiger partial charge in [0.2, 0.25) is 5.91 Å². The minimum absolute atomic E-state index is 0.0342. The van der Waals surface area contributed by atoms with Crippen LogP contribution < -0.4 is 5.32 Å². The zero-order chi connectivity index (χ0) is 17.1. The Morgan fingerprint density at radius 3 is 2.88 bits per heavy atom. The van der Waals surface area contributed by atoms with E-state index in [1.165, 1.54) is 23.3 Å². The van der Waals surface area contributed by atoms with Crippen molar-refractivity contribution in [1.29, 1.82) is 0 Å². The second-order valence-electron chi connectivity index (χ2n) is 5.95. The summed E-state index contributed by atoms with van der Waals surface area (Å²) in [5.74, 6) is -0.165. The van der Waals surface area contributed by atoms with Gasteiger partial charge in [0.15, 0.2) is 0 Å². The minimum atomic E-state index is -0.473. The van der Waals surface area contributed by atoms with Crippen molar-refractivity contribution in [2.24, 2.45) is 0 Å². The van der Waals surface area contributed by atoms with Gasteiger partial charge < -0.3 is 5.32 Å². The summed E-state index contributed by atoms with van der Waals surface area (Å²) in [7, 11) is 0. The quantitative estimate of drug-likeness (QED) is 0.692. The SMILES string of the molecule is CC1c2ccccc2CCN1CC(=O)Nc1cccc([N+](=O)[O-])c1. The molecule has 2 aromatic rings. The highest BCUT2D eigenvalue weighted by Gasteiger charge is 2.25. The van der Waals surface area contributed by atoms with Gasteiger partial charge in [-0.2, -0.15) is 0 Å². The number of nitro groups is 1. The summed E-state index contributed by atoms with van der Waals surface area (Å²) in [4.78, 5) is 24.7. The number of hydrogen-bond acceptors (Lipinski definition) is 4. The molecular formula is C18H19N3O3. The topological polar surface area (TPSA) is 75.5 Å². The van der Waals surface area contributed by atoms with E-state index < -0.39 is 4.92 Å². The Bertz CT molecular complexity index is 776. The zero-order valence-electron chi connectivity index (χ0n) is 13.4. The first-order chi connectivity index (χ1) is 11.5. The third kappa shape index (κ3) is 3.44.